The van der Waals surface area contributed by atoms with Crippen molar-refractivity contribution >= 4 is 18.0 Å². The van der Waals surface area contributed by atoms with Gasteiger partial charge in [-0.05, 0) is 52.0 Å². The second kappa shape index (κ2) is 11.6. The van der Waals surface area contributed by atoms with Crippen LogP contribution in [0.25, 0.3) is 0 Å². The monoisotopic (exact) mass is 431 g/mol. The number of nitrogens with zero attached hydrogens (tertiary/aromatic N) is 2. The number of rotatable bonds is 7. The predicted octanol–water partition coefficient (Wildman–Crippen LogP) is 2.81. The Morgan fingerprint density at radius 3 is 2.61 bits per heavy atom. The standard InChI is InChI=1S/C23H37N5O3/c1-5-25-21(28-13-9-10-17(16-28)14-20(24)29)26-15-19(18-11-7-6-8-12-18)27-22(30)31-23(2,3)4/h6-8,11-12,17,19H,5,9-10,13-16H2,1-4H3,(H2,24,29)(H,25,26)(H,27,30). The van der Waals surface area contributed by atoms with Crippen molar-refractivity contribution in [1.29, 1.82) is 0 Å². The fourth-order valence-corrected chi connectivity index (χ4v) is 3.68. The van der Waals surface area contributed by atoms with Gasteiger partial charge in [0.1, 0.15) is 5.60 Å². The van der Waals surface area contributed by atoms with E-state index in [0.717, 1.165) is 44.0 Å². The molecule has 0 radical (unpaired) electrons. The van der Waals surface area contributed by atoms with Crippen LogP contribution < -0.4 is 16.4 Å². The first-order chi connectivity index (χ1) is 14.7. The van der Waals surface area contributed by atoms with Crippen molar-refractivity contribution in [2.45, 2.75) is 58.6 Å². The maximum absolute atomic E-state index is 12.4. The van der Waals surface area contributed by atoms with Crippen LogP contribution in [0, 0.1) is 5.92 Å². The Balaban J connectivity index is 2.15. The minimum Gasteiger partial charge on any atom is -0.444 e. The number of ether oxygens (including phenoxy) is 1. The van der Waals surface area contributed by atoms with Crippen LogP contribution in [0.4, 0.5) is 4.79 Å². The molecule has 0 aliphatic carbocycles. The van der Waals surface area contributed by atoms with Crippen LogP contribution in [0.3, 0.4) is 0 Å². The number of aliphatic imine (C=N–C) groups is 1. The highest BCUT2D eigenvalue weighted by molar-refractivity contribution is 5.80. The average molecular weight is 432 g/mol. The SMILES string of the molecule is CCNC(=NCC(NC(=O)OC(C)(C)C)c1ccccc1)N1CCCC(CC(N)=O)C1. The van der Waals surface area contributed by atoms with Crippen molar-refractivity contribution in [3.05, 3.63) is 35.9 Å². The summed E-state index contributed by atoms with van der Waals surface area (Å²) in [4.78, 5) is 30.8. The molecule has 0 bridgehead atoms. The highest BCUT2D eigenvalue weighted by Gasteiger charge is 2.25. The molecule has 31 heavy (non-hydrogen) atoms. The van der Waals surface area contributed by atoms with Gasteiger partial charge in [-0.1, -0.05) is 30.3 Å². The molecule has 4 N–H and O–H groups in total. The number of nitrogens with one attached hydrogen (secondary N) is 2. The highest BCUT2D eigenvalue weighted by atomic mass is 16.6. The van der Waals surface area contributed by atoms with Crippen LogP contribution in [-0.2, 0) is 9.53 Å². The Labute approximate surface area is 185 Å². The van der Waals surface area contributed by atoms with Gasteiger partial charge in [0.15, 0.2) is 5.96 Å². The summed E-state index contributed by atoms with van der Waals surface area (Å²) < 4.78 is 5.44. The molecule has 2 amide bonds. The summed E-state index contributed by atoms with van der Waals surface area (Å²) in [5.41, 5.74) is 5.78. The van der Waals surface area contributed by atoms with E-state index in [0.29, 0.717) is 13.0 Å². The van der Waals surface area contributed by atoms with Gasteiger partial charge >= 0.3 is 6.09 Å². The summed E-state index contributed by atoms with van der Waals surface area (Å²) in [5.74, 6) is 0.753. The van der Waals surface area contributed by atoms with Gasteiger partial charge in [0.25, 0.3) is 0 Å². The van der Waals surface area contributed by atoms with E-state index in [1.165, 1.54) is 0 Å². The van der Waals surface area contributed by atoms with E-state index in [1.54, 1.807) is 0 Å². The molecule has 1 aliphatic rings. The minimum absolute atomic E-state index is 0.236. The fraction of sp³-hybridized carbons (Fsp3) is 0.609. The number of guanidine groups is 1. The normalized spacial score (nSPS) is 18.3. The summed E-state index contributed by atoms with van der Waals surface area (Å²) in [6.07, 6.45) is 1.90. The van der Waals surface area contributed by atoms with Crippen LogP contribution in [0.1, 0.15) is 58.6 Å². The van der Waals surface area contributed by atoms with Gasteiger partial charge in [0, 0.05) is 26.1 Å². The van der Waals surface area contributed by atoms with Crippen LogP contribution >= 0.6 is 0 Å². The first-order valence-corrected chi connectivity index (χ1v) is 11.0. The molecule has 8 nitrogen and oxygen atoms in total. The van der Waals surface area contributed by atoms with Crippen molar-refractivity contribution in [2.24, 2.45) is 16.6 Å². The minimum atomic E-state index is -0.577. The molecular weight excluding hydrogens is 394 g/mol. The molecule has 1 fully saturated rings. The zero-order chi connectivity index (χ0) is 22.9. The number of hydrogen-bond acceptors (Lipinski definition) is 4. The number of nitrogens with two attached hydrogens (primary N) is 1. The number of piperidine rings is 1. The third kappa shape index (κ3) is 8.86. The van der Waals surface area contributed by atoms with E-state index in [-0.39, 0.29) is 17.9 Å². The lowest BCUT2D eigenvalue weighted by molar-refractivity contribution is -0.119. The molecule has 0 saturated carbocycles. The van der Waals surface area contributed by atoms with Crippen LogP contribution in [-0.4, -0.2) is 54.6 Å². The number of carbonyl (C=O) groups is 2. The lowest BCUT2D eigenvalue weighted by Crippen LogP contribution is -2.47. The Morgan fingerprint density at radius 1 is 1.29 bits per heavy atom. The quantitative estimate of drug-likeness (QED) is 0.454. The molecule has 0 spiro atoms. The number of carbonyl (C=O) groups excluding carboxylic acids is 2. The van der Waals surface area contributed by atoms with Gasteiger partial charge in [-0.2, -0.15) is 0 Å². The molecule has 1 aliphatic heterocycles. The van der Waals surface area contributed by atoms with Gasteiger partial charge in [0.05, 0.1) is 12.6 Å². The van der Waals surface area contributed by atoms with E-state index in [2.05, 4.69) is 15.5 Å². The Bertz CT molecular complexity index is 745. The predicted molar refractivity (Wildman–Crippen MR) is 123 cm³/mol. The molecule has 1 aromatic rings. The first kappa shape index (κ1) is 24.5. The van der Waals surface area contributed by atoms with Crippen molar-refractivity contribution in [2.75, 3.05) is 26.2 Å². The topological polar surface area (TPSA) is 109 Å². The maximum atomic E-state index is 12.4. The molecule has 2 unspecified atom stereocenters. The first-order valence-electron chi connectivity index (χ1n) is 11.0. The second-order valence-electron chi connectivity index (χ2n) is 8.93. The smallest absolute Gasteiger partial charge is 0.408 e. The summed E-state index contributed by atoms with van der Waals surface area (Å²) in [6, 6.07) is 9.42. The second-order valence-corrected chi connectivity index (χ2v) is 8.93. The Morgan fingerprint density at radius 2 is 2.00 bits per heavy atom. The summed E-state index contributed by atoms with van der Waals surface area (Å²) >= 11 is 0. The van der Waals surface area contributed by atoms with Gasteiger partial charge in [-0.15, -0.1) is 0 Å². The van der Waals surface area contributed by atoms with Gasteiger partial charge < -0.3 is 26.0 Å². The van der Waals surface area contributed by atoms with Crippen LogP contribution in [0.15, 0.2) is 35.3 Å². The number of likely N-dealkylation sites (tertiary alicyclic amines) is 1. The molecule has 1 saturated heterocycles. The van der Waals surface area contributed by atoms with Crippen molar-refractivity contribution < 1.29 is 14.3 Å². The van der Waals surface area contributed by atoms with Gasteiger partial charge in [-0.25, -0.2) is 4.79 Å². The average Bonchev–Trinajstić information content (AvgIpc) is 2.69. The molecule has 0 aromatic heterocycles. The third-order valence-electron chi connectivity index (χ3n) is 4.96. The number of benzene rings is 1. The van der Waals surface area contributed by atoms with E-state index in [4.69, 9.17) is 15.5 Å². The lowest BCUT2D eigenvalue weighted by atomic mass is 9.95. The molecule has 2 atom stereocenters. The van der Waals surface area contributed by atoms with E-state index >= 15 is 0 Å². The fourth-order valence-electron chi connectivity index (χ4n) is 3.68. The zero-order valence-corrected chi connectivity index (χ0v) is 19.2. The third-order valence-corrected chi connectivity index (χ3v) is 4.96. The van der Waals surface area contributed by atoms with Gasteiger partial charge in [-0.3, -0.25) is 9.79 Å². The van der Waals surface area contributed by atoms with E-state index in [1.807, 2.05) is 58.0 Å². The molecular formula is C23H37N5O3. The highest BCUT2D eigenvalue weighted by Crippen LogP contribution is 2.20. The van der Waals surface area contributed by atoms with E-state index < -0.39 is 11.7 Å². The van der Waals surface area contributed by atoms with Crippen LogP contribution in [0.5, 0.6) is 0 Å². The number of alkyl carbamates (subject to hydrolysis) is 1. The molecule has 172 valence electrons. The Hall–Kier alpha value is -2.77. The lowest BCUT2D eigenvalue weighted by Gasteiger charge is -2.35. The molecule has 8 heteroatoms. The largest absolute Gasteiger partial charge is 0.444 e. The number of hydrogen-bond donors (Lipinski definition) is 3. The van der Waals surface area contributed by atoms with Gasteiger partial charge in [0.2, 0.25) is 5.91 Å². The summed E-state index contributed by atoms with van der Waals surface area (Å²) in [6.45, 7) is 10.2. The molecule has 1 aromatic carbocycles. The maximum Gasteiger partial charge on any atom is 0.408 e. The van der Waals surface area contributed by atoms with Crippen molar-refractivity contribution in [3.63, 3.8) is 0 Å². The Kier molecular flexibility index (Phi) is 9.15. The summed E-state index contributed by atoms with van der Waals surface area (Å²) in [5, 5.41) is 6.29. The zero-order valence-electron chi connectivity index (χ0n) is 19.2. The van der Waals surface area contributed by atoms with E-state index in [9.17, 15) is 9.59 Å². The molecule has 1 heterocycles. The summed E-state index contributed by atoms with van der Waals surface area (Å²) in [7, 11) is 0. The van der Waals surface area contributed by atoms with Crippen molar-refractivity contribution in [3.8, 4) is 0 Å². The number of amides is 2. The number of primary amides is 1. The molecule has 2 rings (SSSR count). The van der Waals surface area contributed by atoms with Crippen LogP contribution in [0.2, 0.25) is 0 Å². The van der Waals surface area contributed by atoms with Crippen molar-refractivity contribution in [1.82, 2.24) is 15.5 Å².